The molecule has 3 N–H and O–H groups in total. The maximum Gasteiger partial charge on any atom is 0.433 e. The molecule has 0 aliphatic carbocycles. The third-order valence-electron chi connectivity index (χ3n) is 5.43. The lowest BCUT2D eigenvalue weighted by atomic mass is 9.87. The first-order chi connectivity index (χ1) is 14.8. The van der Waals surface area contributed by atoms with E-state index in [4.69, 9.17) is 11.8 Å². The quantitative estimate of drug-likeness (QED) is 0.514. The van der Waals surface area contributed by atoms with Crippen LogP contribution in [-0.2, 0) is 17.5 Å². The molecule has 12 heteroatoms. The van der Waals surface area contributed by atoms with Crippen LogP contribution in [0.2, 0.25) is 0 Å². The minimum absolute atomic E-state index is 0.0455. The largest absolute Gasteiger partial charge is 0.433 e. The molecule has 0 aromatic carbocycles. The van der Waals surface area contributed by atoms with E-state index in [1.807, 2.05) is 6.07 Å². The number of H-pyrrole nitrogens is 1. The topological polar surface area (TPSA) is 98.8 Å². The minimum atomic E-state index is -4.50. The van der Waals surface area contributed by atoms with Crippen molar-refractivity contribution in [3.05, 3.63) is 48.2 Å². The number of aromatic amines is 1. The van der Waals surface area contributed by atoms with Crippen LogP contribution < -0.4 is 15.1 Å². The van der Waals surface area contributed by atoms with Gasteiger partial charge in [0.05, 0.1) is 5.39 Å². The number of nitrogens with zero attached hydrogens (tertiary/aromatic N) is 4. The van der Waals surface area contributed by atoms with Gasteiger partial charge in [-0.2, -0.15) is 13.2 Å². The molecule has 0 bridgehead atoms. The molecule has 0 saturated carbocycles. The number of anilines is 1. The van der Waals surface area contributed by atoms with E-state index in [1.54, 1.807) is 6.20 Å². The Hall–Kier alpha value is -2.92. The van der Waals surface area contributed by atoms with Gasteiger partial charge in [-0.15, -0.1) is 0 Å². The summed E-state index contributed by atoms with van der Waals surface area (Å²) in [7, 11) is 0. The van der Waals surface area contributed by atoms with Crippen molar-refractivity contribution in [3.63, 3.8) is 0 Å². The van der Waals surface area contributed by atoms with Gasteiger partial charge in [-0.3, -0.25) is 9.78 Å². The summed E-state index contributed by atoms with van der Waals surface area (Å²) in [6.07, 6.45) is 0.719. The van der Waals surface area contributed by atoms with E-state index in [1.165, 1.54) is 12.4 Å². The zero-order chi connectivity index (χ0) is 22.1. The summed E-state index contributed by atoms with van der Waals surface area (Å²) in [5.74, 6) is 0.460. The second-order valence-corrected chi connectivity index (χ2v) is 7.52. The van der Waals surface area contributed by atoms with Crippen LogP contribution >= 0.6 is 11.8 Å². The van der Waals surface area contributed by atoms with E-state index in [9.17, 15) is 18.0 Å². The SMILES string of the molecule is O=C(NCc1ccc(C(F)(F)F)nc1)C1(NCl)CCN(c2ncnc3[nH]ccc23)CC1. The van der Waals surface area contributed by atoms with Gasteiger partial charge in [-0.25, -0.2) is 14.8 Å². The van der Waals surface area contributed by atoms with Gasteiger partial charge in [0.2, 0.25) is 5.91 Å². The summed E-state index contributed by atoms with van der Waals surface area (Å²) >= 11 is 5.96. The number of hydrogen-bond acceptors (Lipinski definition) is 6. The fourth-order valence-corrected chi connectivity index (χ4v) is 3.90. The molecule has 0 atom stereocenters. The summed E-state index contributed by atoms with van der Waals surface area (Å²) in [5, 5.41) is 3.64. The molecule has 3 aromatic heterocycles. The highest BCUT2D eigenvalue weighted by molar-refractivity contribution is 6.16. The first kappa shape index (κ1) is 21.3. The molecule has 1 amide bonds. The number of halogens is 4. The maximum absolute atomic E-state index is 12.9. The number of alkyl halides is 3. The first-order valence-electron chi connectivity index (χ1n) is 9.54. The Morgan fingerprint density at radius 2 is 1.97 bits per heavy atom. The van der Waals surface area contributed by atoms with Crippen molar-refractivity contribution in [1.29, 1.82) is 0 Å². The summed E-state index contributed by atoms with van der Waals surface area (Å²) < 4.78 is 37.9. The van der Waals surface area contributed by atoms with Crippen LogP contribution in [0, 0.1) is 0 Å². The molecule has 0 spiro atoms. The van der Waals surface area contributed by atoms with Crippen LogP contribution in [0.3, 0.4) is 0 Å². The molecule has 3 aromatic rings. The Morgan fingerprint density at radius 3 is 2.61 bits per heavy atom. The highest BCUT2D eigenvalue weighted by atomic mass is 35.5. The second kappa shape index (κ2) is 8.31. The van der Waals surface area contributed by atoms with Crippen molar-refractivity contribution in [2.75, 3.05) is 18.0 Å². The third-order valence-corrected chi connectivity index (χ3v) is 5.79. The van der Waals surface area contributed by atoms with Crippen molar-refractivity contribution < 1.29 is 18.0 Å². The molecular formula is C19H19ClF3N7O. The third kappa shape index (κ3) is 4.28. The number of pyridine rings is 1. The zero-order valence-corrected chi connectivity index (χ0v) is 17.0. The Morgan fingerprint density at radius 1 is 1.19 bits per heavy atom. The number of nitrogens with one attached hydrogen (secondary N) is 3. The van der Waals surface area contributed by atoms with Crippen LogP contribution in [-0.4, -0.2) is 44.5 Å². The molecule has 8 nitrogen and oxygen atoms in total. The zero-order valence-electron chi connectivity index (χ0n) is 16.2. The molecule has 1 saturated heterocycles. The normalized spacial score (nSPS) is 16.5. The maximum atomic E-state index is 12.9. The van der Waals surface area contributed by atoms with Crippen molar-refractivity contribution in [3.8, 4) is 0 Å². The van der Waals surface area contributed by atoms with Crippen LogP contribution in [0.25, 0.3) is 11.0 Å². The number of aromatic nitrogens is 4. The number of piperidine rings is 1. The molecule has 31 heavy (non-hydrogen) atoms. The predicted octanol–water partition coefficient (Wildman–Crippen LogP) is 2.77. The second-order valence-electron chi connectivity index (χ2n) is 7.33. The average Bonchev–Trinajstić information content (AvgIpc) is 3.26. The Labute approximate surface area is 180 Å². The van der Waals surface area contributed by atoms with Crippen LogP contribution in [0.5, 0.6) is 0 Å². The lowest BCUT2D eigenvalue weighted by molar-refractivity contribution is -0.141. The van der Waals surface area contributed by atoms with E-state index < -0.39 is 17.4 Å². The summed E-state index contributed by atoms with van der Waals surface area (Å²) in [5.41, 5.74) is -0.781. The average molecular weight is 454 g/mol. The number of hydrogen-bond donors (Lipinski definition) is 3. The van der Waals surface area contributed by atoms with Crippen LogP contribution in [0.15, 0.2) is 36.9 Å². The smallest absolute Gasteiger partial charge is 0.356 e. The lowest BCUT2D eigenvalue weighted by Gasteiger charge is -2.40. The van der Waals surface area contributed by atoms with Crippen molar-refractivity contribution in [1.82, 2.24) is 30.1 Å². The van der Waals surface area contributed by atoms with E-state index in [2.05, 4.69) is 35.0 Å². The highest BCUT2D eigenvalue weighted by Gasteiger charge is 2.41. The molecule has 4 heterocycles. The number of amides is 1. The van der Waals surface area contributed by atoms with E-state index in [0.717, 1.165) is 29.1 Å². The van der Waals surface area contributed by atoms with Gasteiger partial charge in [0.15, 0.2) is 0 Å². The lowest BCUT2D eigenvalue weighted by Crippen LogP contribution is -2.59. The van der Waals surface area contributed by atoms with E-state index >= 15 is 0 Å². The minimum Gasteiger partial charge on any atom is -0.356 e. The number of carbonyl (C=O) groups is 1. The summed E-state index contributed by atoms with van der Waals surface area (Å²) in [6, 6.07) is 4.08. The van der Waals surface area contributed by atoms with E-state index in [-0.39, 0.29) is 12.5 Å². The van der Waals surface area contributed by atoms with Crippen molar-refractivity contribution in [2.24, 2.45) is 0 Å². The molecule has 0 unspecified atom stereocenters. The van der Waals surface area contributed by atoms with Crippen molar-refractivity contribution >= 4 is 34.5 Å². The predicted molar refractivity (Wildman–Crippen MR) is 108 cm³/mol. The van der Waals surface area contributed by atoms with Gasteiger partial charge in [-0.1, -0.05) is 6.07 Å². The van der Waals surface area contributed by atoms with Gasteiger partial charge < -0.3 is 15.2 Å². The van der Waals surface area contributed by atoms with Gasteiger partial charge >= 0.3 is 6.18 Å². The van der Waals surface area contributed by atoms with E-state index in [0.29, 0.717) is 31.5 Å². The molecule has 4 rings (SSSR count). The monoisotopic (exact) mass is 453 g/mol. The Balaban J connectivity index is 1.39. The summed E-state index contributed by atoms with van der Waals surface area (Å²) in [4.78, 5) is 32.5. The standard InChI is InChI=1S/C19H19ClF3N7O/c20-29-18(17(31)26-10-12-1-2-14(25-9-12)19(21,22)23)4-7-30(8-5-18)16-13-3-6-24-15(13)27-11-28-16/h1-3,6,9,11,29H,4-5,7-8,10H2,(H,26,31)(H,24,27,28). The molecule has 1 aliphatic heterocycles. The van der Waals surface area contributed by atoms with Gasteiger partial charge in [0.1, 0.15) is 29.0 Å². The van der Waals surface area contributed by atoms with Crippen molar-refractivity contribution in [2.45, 2.75) is 31.1 Å². The van der Waals surface area contributed by atoms with Gasteiger partial charge in [-0.05, 0) is 42.3 Å². The Bertz CT molecular complexity index is 1060. The fraction of sp³-hybridized carbons (Fsp3) is 0.368. The van der Waals surface area contributed by atoms with Crippen LogP contribution in [0.4, 0.5) is 19.0 Å². The molecule has 164 valence electrons. The number of carbonyl (C=O) groups excluding carboxylic acids is 1. The fourth-order valence-electron chi connectivity index (χ4n) is 3.62. The van der Waals surface area contributed by atoms with Crippen LogP contribution in [0.1, 0.15) is 24.1 Å². The Kier molecular flexibility index (Phi) is 5.71. The van der Waals surface area contributed by atoms with Gasteiger partial charge in [0.25, 0.3) is 0 Å². The summed E-state index contributed by atoms with van der Waals surface area (Å²) in [6.45, 7) is 1.11. The number of rotatable bonds is 5. The molecular weight excluding hydrogens is 435 g/mol. The molecule has 1 fully saturated rings. The first-order valence-corrected chi connectivity index (χ1v) is 9.91. The highest BCUT2D eigenvalue weighted by Crippen LogP contribution is 2.30. The van der Waals surface area contributed by atoms with Gasteiger partial charge in [0, 0.05) is 32.0 Å². The molecule has 0 radical (unpaired) electrons. The number of fused-ring (bicyclic) bond motifs is 1. The molecule has 1 aliphatic rings.